The predicted molar refractivity (Wildman–Crippen MR) is 215 cm³/mol. The van der Waals surface area contributed by atoms with Gasteiger partial charge in [-0.15, -0.1) is 0 Å². The van der Waals surface area contributed by atoms with Gasteiger partial charge in [-0.05, 0) is 0 Å². The molecule has 2 N–H and O–H groups in total. The molecule has 0 fully saturated rings. The molecular weight excluding hydrogens is 858 g/mol. The van der Waals surface area contributed by atoms with Crippen molar-refractivity contribution in [3.8, 4) is 0 Å². The summed E-state index contributed by atoms with van der Waals surface area (Å²) >= 11 is -4.62. The third-order valence-corrected chi connectivity index (χ3v) is 32.2. The number of hydrogen-bond donors (Lipinski definition) is 2. The number of ether oxygens (including phenoxy) is 2. The molecule has 2 radical (unpaired) electrons. The molecule has 0 aliphatic rings. The SMILES string of the molecule is CCCCCCC[CH2][Sn][O][Sn]([CH2]CCCCCCC)([CH2]CCCCCCC)[O]C(CC(CC)C(CC)CCOC(=O)O)C(CC)CCOC(=O)O. The van der Waals surface area contributed by atoms with Crippen molar-refractivity contribution in [2.45, 2.75) is 215 Å². The third kappa shape index (κ3) is 28.2. The molecule has 0 aliphatic heterocycles. The number of carbonyl (C=O) groups is 2. The Balaban J connectivity index is 6.40. The Morgan fingerprint density at radius 2 is 0.961 bits per heavy atom. The van der Waals surface area contributed by atoms with Gasteiger partial charge in [0.25, 0.3) is 0 Å². The van der Waals surface area contributed by atoms with Crippen LogP contribution in [0.1, 0.15) is 196 Å². The van der Waals surface area contributed by atoms with Gasteiger partial charge in [-0.2, -0.15) is 0 Å². The van der Waals surface area contributed by atoms with Crippen molar-refractivity contribution in [3.63, 3.8) is 0 Å². The molecular formula is C41H82O8Sn2. The molecule has 0 amide bonds. The summed E-state index contributed by atoms with van der Waals surface area (Å²) in [6.07, 6.45) is 25.7. The zero-order valence-corrected chi connectivity index (χ0v) is 39.9. The van der Waals surface area contributed by atoms with Crippen molar-refractivity contribution < 1.29 is 33.8 Å². The van der Waals surface area contributed by atoms with Gasteiger partial charge in [-0.3, -0.25) is 0 Å². The molecule has 4 unspecified atom stereocenters. The summed E-state index contributed by atoms with van der Waals surface area (Å²) in [5.41, 5.74) is 0. The number of carboxylic acid groups (broad SMARTS) is 2. The van der Waals surface area contributed by atoms with E-state index in [1.165, 1.54) is 120 Å². The van der Waals surface area contributed by atoms with E-state index in [4.69, 9.17) is 19.1 Å². The predicted octanol–water partition coefficient (Wildman–Crippen LogP) is 13.6. The molecule has 302 valence electrons. The zero-order chi connectivity index (χ0) is 38.0. The molecule has 0 saturated carbocycles. The van der Waals surface area contributed by atoms with Crippen LogP contribution in [0.2, 0.25) is 13.3 Å². The van der Waals surface area contributed by atoms with Crippen LogP contribution in [-0.4, -0.2) is 82.6 Å². The standard InChI is InChI=1S/C17H31O7.3C8H17.O.2Sn/c1-4-12(7-9-23-16(19)20)14(6-3)11-15(18)13(5-2)8-10-24-17(21)22;3*1-3-5-7-8-6-4-2;;;/h12-15H,4-11H2,1-3H3,(H,19,20)(H,21,22);3*1,3-8H2,2H3;;;/q-1;;;;;;+1. The van der Waals surface area contributed by atoms with Gasteiger partial charge in [-0.1, -0.05) is 0 Å². The Kier molecular flexibility index (Phi) is 35.8. The Morgan fingerprint density at radius 1 is 0.549 bits per heavy atom. The summed E-state index contributed by atoms with van der Waals surface area (Å²) in [7, 11) is 0. The van der Waals surface area contributed by atoms with Crippen molar-refractivity contribution in [3.05, 3.63) is 0 Å². The van der Waals surface area contributed by atoms with Crippen LogP contribution in [0.5, 0.6) is 0 Å². The summed E-state index contributed by atoms with van der Waals surface area (Å²) < 4.78 is 28.7. The fourth-order valence-electron chi connectivity index (χ4n) is 7.50. The van der Waals surface area contributed by atoms with E-state index in [2.05, 4.69) is 41.5 Å². The third-order valence-electron chi connectivity index (χ3n) is 10.8. The normalized spacial score (nSPS) is 14.2. The Morgan fingerprint density at radius 3 is 1.39 bits per heavy atom. The van der Waals surface area contributed by atoms with E-state index in [1.807, 2.05) is 0 Å². The molecule has 10 heteroatoms. The molecule has 0 saturated heterocycles. The molecule has 0 bridgehead atoms. The van der Waals surface area contributed by atoms with E-state index in [0.29, 0.717) is 24.7 Å². The van der Waals surface area contributed by atoms with E-state index >= 15 is 0 Å². The van der Waals surface area contributed by atoms with Gasteiger partial charge in [0.1, 0.15) is 0 Å². The molecule has 0 aromatic heterocycles. The molecule has 8 nitrogen and oxygen atoms in total. The van der Waals surface area contributed by atoms with Crippen LogP contribution in [0.25, 0.3) is 0 Å². The number of hydrogen-bond acceptors (Lipinski definition) is 6. The average Bonchev–Trinajstić information content (AvgIpc) is 3.11. The van der Waals surface area contributed by atoms with Gasteiger partial charge in [0.2, 0.25) is 0 Å². The Labute approximate surface area is 330 Å². The Bertz CT molecular complexity index is 786. The molecule has 51 heavy (non-hydrogen) atoms. The molecule has 0 heterocycles. The molecule has 0 aromatic carbocycles. The quantitative estimate of drug-likeness (QED) is 0.0358. The van der Waals surface area contributed by atoms with Gasteiger partial charge < -0.3 is 0 Å². The fraction of sp³-hybridized carbons (Fsp3) is 0.951. The van der Waals surface area contributed by atoms with E-state index < -0.39 is 53.1 Å². The first-order valence-electron chi connectivity index (χ1n) is 21.5. The van der Waals surface area contributed by atoms with Crippen LogP contribution in [0.4, 0.5) is 9.59 Å². The van der Waals surface area contributed by atoms with Crippen LogP contribution in [0.15, 0.2) is 0 Å². The van der Waals surface area contributed by atoms with Gasteiger partial charge in [0.05, 0.1) is 0 Å². The zero-order valence-electron chi connectivity index (χ0n) is 34.2. The summed E-state index contributed by atoms with van der Waals surface area (Å²) in [5, 5.41) is 18.4. The molecule has 0 aliphatic carbocycles. The van der Waals surface area contributed by atoms with Crippen LogP contribution < -0.4 is 0 Å². The average molecular weight is 941 g/mol. The van der Waals surface area contributed by atoms with Crippen LogP contribution in [0.3, 0.4) is 0 Å². The monoisotopic (exact) mass is 942 g/mol. The van der Waals surface area contributed by atoms with Crippen molar-refractivity contribution >= 4 is 53.1 Å². The van der Waals surface area contributed by atoms with Crippen LogP contribution in [0, 0.1) is 17.8 Å². The maximum absolute atomic E-state index is 11.3. The van der Waals surface area contributed by atoms with E-state index in [-0.39, 0.29) is 25.2 Å². The van der Waals surface area contributed by atoms with Crippen molar-refractivity contribution in [1.29, 1.82) is 0 Å². The second-order valence-corrected chi connectivity index (χ2v) is 30.4. The first-order chi connectivity index (χ1) is 24.7. The minimum absolute atomic E-state index is 0.00353. The second-order valence-electron chi connectivity index (χ2n) is 14.9. The fourth-order valence-corrected chi connectivity index (χ4v) is 30.5. The summed E-state index contributed by atoms with van der Waals surface area (Å²) in [4.78, 5) is 22.5. The van der Waals surface area contributed by atoms with Gasteiger partial charge >= 0.3 is 333 Å². The summed E-state index contributed by atoms with van der Waals surface area (Å²) in [5.74, 6) is 0.881. The van der Waals surface area contributed by atoms with Gasteiger partial charge in [-0.25, -0.2) is 0 Å². The van der Waals surface area contributed by atoms with E-state index in [1.54, 1.807) is 0 Å². The summed E-state index contributed by atoms with van der Waals surface area (Å²) in [6, 6.07) is 0. The summed E-state index contributed by atoms with van der Waals surface area (Å²) in [6.45, 7) is 13.9. The van der Waals surface area contributed by atoms with Crippen molar-refractivity contribution in [1.82, 2.24) is 0 Å². The van der Waals surface area contributed by atoms with Gasteiger partial charge in [0, 0.05) is 0 Å². The van der Waals surface area contributed by atoms with Crippen molar-refractivity contribution in [2.75, 3.05) is 13.2 Å². The molecule has 0 rings (SSSR count). The first kappa shape index (κ1) is 51.1. The van der Waals surface area contributed by atoms with Crippen LogP contribution in [-0.2, 0) is 14.0 Å². The molecule has 4 atom stereocenters. The maximum atomic E-state index is 11.3. The van der Waals surface area contributed by atoms with Crippen molar-refractivity contribution in [2.24, 2.45) is 17.8 Å². The number of rotatable bonds is 38. The second kappa shape index (κ2) is 35.7. The van der Waals surface area contributed by atoms with E-state index in [0.717, 1.165) is 34.6 Å². The minimum atomic E-state index is -3.57. The van der Waals surface area contributed by atoms with Gasteiger partial charge in [0.15, 0.2) is 0 Å². The first-order valence-corrected chi connectivity index (χ1v) is 31.1. The molecule has 0 aromatic rings. The topological polar surface area (TPSA) is 112 Å². The Hall–Kier alpha value is 0.0574. The van der Waals surface area contributed by atoms with E-state index in [9.17, 15) is 14.7 Å². The molecule has 0 spiro atoms. The van der Waals surface area contributed by atoms with Crippen LogP contribution >= 0.6 is 0 Å². The number of unbranched alkanes of at least 4 members (excludes halogenated alkanes) is 15.